The molecule has 0 aliphatic carbocycles. The number of aromatic nitrogens is 2. The highest BCUT2D eigenvalue weighted by Crippen LogP contribution is 2.35. The summed E-state index contributed by atoms with van der Waals surface area (Å²) in [6.45, 7) is 0. The first-order valence-corrected chi connectivity index (χ1v) is 5.49. The maximum Gasteiger partial charge on any atom is 0.419 e. The second-order valence-corrected chi connectivity index (χ2v) is 3.81. The summed E-state index contributed by atoms with van der Waals surface area (Å²) in [6, 6.07) is 2.06. The van der Waals surface area contributed by atoms with Gasteiger partial charge in [-0.05, 0) is 18.2 Å². The van der Waals surface area contributed by atoms with Crippen LogP contribution in [0.3, 0.4) is 0 Å². The van der Waals surface area contributed by atoms with E-state index in [1.165, 1.54) is 7.11 Å². The molecule has 112 valence electrons. The van der Waals surface area contributed by atoms with Crippen LogP contribution in [-0.4, -0.2) is 17.1 Å². The first-order chi connectivity index (χ1) is 9.82. The van der Waals surface area contributed by atoms with Gasteiger partial charge < -0.3 is 14.5 Å². The summed E-state index contributed by atoms with van der Waals surface area (Å²) < 4.78 is 60.7. The lowest BCUT2D eigenvalue weighted by Crippen LogP contribution is -2.11. The summed E-state index contributed by atoms with van der Waals surface area (Å²) >= 11 is 0. The van der Waals surface area contributed by atoms with Crippen molar-refractivity contribution in [3.05, 3.63) is 46.3 Å². The van der Waals surface area contributed by atoms with Crippen molar-refractivity contribution in [3.63, 3.8) is 0 Å². The molecule has 2 rings (SSSR count). The van der Waals surface area contributed by atoms with E-state index in [2.05, 4.69) is 9.97 Å². The summed E-state index contributed by atoms with van der Waals surface area (Å²) in [5.41, 5.74) is -2.15. The van der Waals surface area contributed by atoms with Gasteiger partial charge in [0.25, 0.3) is 11.4 Å². The molecule has 0 bridgehead atoms. The number of ether oxygens (including phenoxy) is 2. The third-order valence-electron chi connectivity index (χ3n) is 2.44. The molecule has 0 fully saturated rings. The zero-order chi connectivity index (χ0) is 15.6. The second-order valence-electron chi connectivity index (χ2n) is 3.81. The SMILES string of the molecule is COc1c(Oc2ccc(F)c(C(F)(F)F)c2)nc[nH]c1=O. The van der Waals surface area contributed by atoms with Crippen LogP contribution in [0, 0.1) is 5.82 Å². The molecule has 0 aliphatic rings. The molecule has 0 amide bonds. The van der Waals surface area contributed by atoms with Crippen molar-refractivity contribution < 1.29 is 27.0 Å². The second kappa shape index (κ2) is 5.43. The van der Waals surface area contributed by atoms with Crippen molar-refractivity contribution in [1.29, 1.82) is 0 Å². The largest absolute Gasteiger partial charge is 0.487 e. The van der Waals surface area contributed by atoms with Gasteiger partial charge in [0.2, 0.25) is 5.75 Å². The number of benzene rings is 1. The van der Waals surface area contributed by atoms with Crippen LogP contribution >= 0.6 is 0 Å². The highest BCUT2D eigenvalue weighted by atomic mass is 19.4. The van der Waals surface area contributed by atoms with E-state index in [9.17, 15) is 22.4 Å². The summed E-state index contributed by atoms with van der Waals surface area (Å²) in [5, 5.41) is 0. The predicted octanol–water partition coefficient (Wildman–Crippen LogP) is 2.73. The van der Waals surface area contributed by atoms with Crippen LogP contribution in [-0.2, 0) is 6.18 Å². The van der Waals surface area contributed by atoms with Gasteiger partial charge in [-0.15, -0.1) is 0 Å². The molecular formula is C12H8F4N2O3. The Bertz CT molecular complexity index is 712. The van der Waals surface area contributed by atoms with Crippen LogP contribution in [0.15, 0.2) is 29.3 Å². The predicted molar refractivity (Wildman–Crippen MR) is 62.9 cm³/mol. The van der Waals surface area contributed by atoms with Crippen LogP contribution in [0.1, 0.15) is 5.56 Å². The molecule has 1 aromatic carbocycles. The molecule has 2 aromatic rings. The number of nitrogens with zero attached hydrogens (tertiary/aromatic N) is 1. The summed E-state index contributed by atoms with van der Waals surface area (Å²) in [5.74, 6) is -2.41. The topological polar surface area (TPSA) is 64.2 Å². The Labute approximate surface area is 115 Å². The molecule has 0 spiro atoms. The summed E-state index contributed by atoms with van der Waals surface area (Å²) in [4.78, 5) is 17.3. The van der Waals surface area contributed by atoms with E-state index in [0.717, 1.165) is 12.4 Å². The Balaban J connectivity index is 2.42. The van der Waals surface area contributed by atoms with Crippen molar-refractivity contribution in [2.75, 3.05) is 7.11 Å². The van der Waals surface area contributed by atoms with Crippen molar-refractivity contribution in [2.45, 2.75) is 6.18 Å². The van der Waals surface area contributed by atoms with E-state index in [4.69, 9.17) is 9.47 Å². The number of rotatable bonds is 3. The number of hydrogen-bond donors (Lipinski definition) is 1. The maximum absolute atomic E-state index is 13.1. The molecule has 0 unspecified atom stereocenters. The van der Waals surface area contributed by atoms with E-state index < -0.39 is 23.1 Å². The molecule has 1 aromatic heterocycles. The van der Waals surface area contributed by atoms with Crippen LogP contribution in [0.25, 0.3) is 0 Å². The standard InChI is InChI=1S/C12H8F4N2O3/c1-20-9-10(19)17-5-18-11(9)21-6-2-3-8(13)7(4-6)12(14,15)16/h2-5H,1H3,(H,17,18,19). The van der Waals surface area contributed by atoms with Gasteiger partial charge in [-0.25, -0.2) is 9.37 Å². The number of hydrogen-bond acceptors (Lipinski definition) is 4. The van der Waals surface area contributed by atoms with E-state index in [1.807, 2.05) is 0 Å². The summed E-state index contributed by atoms with van der Waals surface area (Å²) in [7, 11) is 1.17. The fourth-order valence-electron chi connectivity index (χ4n) is 1.52. The number of nitrogens with one attached hydrogen (secondary N) is 1. The molecule has 0 saturated carbocycles. The normalized spacial score (nSPS) is 11.3. The lowest BCUT2D eigenvalue weighted by atomic mass is 10.2. The van der Waals surface area contributed by atoms with Crippen LogP contribution < -0.4 is 15.0 Å². The Morgan fingerprint density at radius 1 is 1.29 bits per heavy atom. The van der Waals surface area contributed by atoms with Crippen molar-refractivity contribution in [1.82, 2.24) is 9.97 Å². The zero-order valence-corrected chi connectivity index (χ0v) is 10.5. The third kappa shape index (κ3) is 3.12. The lowest BCUT2D eigenvalue weighted by molar-refractivity contribution is -0.140. The fraction of sp³-hybridized carbons (Fsp3) is 0.167. The first-order valence-electron chi connectivity index (χ1n) is 5.49. The maximum atomic E-state index is 13.1. The number of H-pyrrole nitrogens is 1. The van der Waals surface area contributed by atoms with Crippen LogP contribution in [0.4, 0.5) is 17.6 Å². The first kappa shape index (κ1) is 14.8. The summed E-state index contributed by atoms with van der Waals surface area (Å²) in [6.07, 6.45) is -3.87. The molecule has 0 saturated heterocycles. The van der Waals surface area contributed by atoms with E-state index in [-0.39, 0.29) is 17.4 Å². The number of aromatic amines is 1. The Morgan fingerprint density at radius 2 is 2.00 bits per heavy atom. The minimum absolute atomic E-state index is 0.310. The van der Waals surface area contributed by atoms with Gasteiger partial charge in [0.15, 0.2) is 0 Å². The molecule has 1 heterocycles. The van der Waals surface area contributed by atoms with Crippen LogP contribution in [0.2, 0.25) is 0 Å². The van der Waals surface area contributed by atoms with Crippen molar-refractivity contribution in [2.24, 2.45) is 0 Å². The highest BCUT2D eigenvalue weighted by molar-refractivity contribution is 5.38. The molecule has 1 N–H and O–H groups in total. The number of halogens is 4. The van der Waals surface area contributed by atoms with Gasteiger partial charge in [-0.2, -0.15) is 13.2 Å². The van der Waals surface area contributed by atoms with Crippen molar-refractivity contribution in [3.8, 4) is 17.4 Å². The van der Waals surface area contributed by atoms with Gasteiger partial charge in [0.05, 0.1) is 19.0 Å². The van der Waals surface area contributed by atoms with Gasteiger partial charge in [-0.1, -0.05) is 0 Å². The van der Waals surface area contributed by atoms with E-state index in [0.29, 0.717) is 12.1 Å². The molecular weight excluding hydrogens is 296 g/mol. The highest BCUT2D eigenvalue weighted by Gasteiger charge is 2.34. The Morgan fingerprint density at radius 3 is 2.62 bits per heavy atom. The molecule has 0 radical (unpaired) electrons. The van der Waals surface area contributed by atoms with Gasteiger partial charge in [0.1, 0.15) is 11.6 Å². The minimum Gasteiger partial charge on any atom is -0.487 e. The monoisotopic (exact) mass is 304 g/mol. The number of methoxy groups -OCH3 is 1. The fourth-order valence-corrected chi connectivity index (χ4v) is 1.52. The van der Waals surface area contributed by atoms with E-state index >= 15 is 0 Å². The van der Waals surface area contributed by atoms with Gasteiger partial charge in [0, 0.05) is 0 Å². The third-order valence-corrected chi connectivity index (χ3v) is 2.44. The van der Waals surface area contributed by atoms with E-state index in [1.54, 1.807) is 0 Å². The average Bonchev–Trinajstić information content (AvgIpc) is 2.40. The van der Waals surface area contributed by atoms with Gasteiger partial charge in [-0.3, -0.25) is 4.79 Å². The molecule has 0 atom stereocenters. The smallest absolute Gasteiger partial charge is 0.419 e. The Hall–Kier alpha value is -2.58. The zero-order valence-electron chi connectivity index (χ0n) is 10.5. The molecule has 5 nitrogen and oxygen atoms in total. The lowest BCUT2D eigenvalue weighted by Gasteiger charge is -2.11. The average molecular weight is 304 g/mol. The molecule has 0 aliphatic heterocycles. The quantitative estimate of drug-likeness (QED) is 0.886. The Kier molecular flexibility index (Phi) is 3.83. The van der Waals surface area contributed by atoms with Crippen molar-refractivity contribution >= 4 is 0 Å². The van der Waals surface area contributed by atoms with Gasteiger partial charge >= 0.3 is 6.18 Å². The van der Waals surface area contributed by atoms with Crippen LogP contribution in [0.5, 0.6) is 17.4 Å². The number of alkyl halides is 3. The molecule has 21 heavy (non-hydrogen) atoms. The molecule has 9 heteroatoms. The minimum atomic E-state index is -4.87.